The number of halogens is 12. The monoisotopic (exact) mass is 598 g/mol. The van der Waals surface area contributed by atoms with Gasteiger partial charge in [-0.25, -0.2) is 0 Å². The molecule has 1 heterocycles. The van der Waals surface area contributed by atoms with Crippen molar-refractivity contribution in [1.82, 2.24) is 0 Å². The molecule has 1 aliphatic heterocycles. The summed E-state index contributed by atoms with van der Waals surface area (Å²) in [5, 5.41) is 0. The van der Waals surface area contributed by atoms with Crippen molar-refractivity contribution in [2.75, 3.05) is 0 Å². The van der Waals surface area contributed by atoms with Crippen LogP contribution < -0.4 is 0 Å². The van der Waals surface area contributed by atoms with Gasteiger partial charge in [-0.1, -0.05) is 0 Å². The van der Waals surface area contributed by atoms with Crippen LogP contribution in [0.2, 0.25) is 4.13 Å². The van der Waals surface area contributed by atoms with Crippen LogP contribution in [0.3, 0.4) is 0 Å². The topological polar surface area (TPSA) is 18.5 Å². The Kier molecular flexibility index (Phi) is 5.75. The summed E-state index contributed by atoms with van der Waals surface area (Å²) in [5.74, 6) is -0.839. The van der Waals surface area contributed by atoms with Crippen molar-refractivity contribution in [2.45, 2.75) is 53.9 Å². The van der Waals surface area contributed by atoms with Crippen molar-refractivity contribution in [3.05, 3.63) is 0 Å². The van der Waals surface area contributed by atoms with E-state index in [4.69, 9.17) is 0 Å². The third-order valence-electron chi connectivity index (χ3n) is 3.08. The predicted molar refractivity (Wildman–Crippen MR) is 57.3 cm³/mol. The van der Waals surface area contributed by atoms with Gasteiger partial charge >= 0.3 is 141 Å². The molecule has 0 aromatic rings. The molecule has 1 rings (SSSR count). The Morgan fingerprint density at radius 1 is 0.640 bits per heavy atom. The number of hydrogen-bond acceptors (Lipinski definition) is 2. The Morgan fingerprint density at radius 3 is 1.04 bits per heavy atom. The van der Waals surface area contributed by atoms with Crippen molar-refractivity contribution in [2.24, 2.45) is 5.92 Å². The fourth-order valence-electron chi connectivity index (χ4n) is 2.15. The first-order valence-corrected chi connectivity index (χ1v) is 11.5. The Morgan fingerprint density at radius 2 is 0.880 bits per heavy atom. The average Bonchev–Trinajstić information content (AvgIpc) is 2.62. The molecule has 0 radical (unpaired) electrons. The van der Waals surface area contributed by atoms with Gasteiger partial charge in [-0.2, -0.15) is 0 Å². The second-order valence-corrected chi connectivity index (χ2v) is 10.9. The van der Waals surface area contributed by atoms with E-state index in [1.54, 1.807) is 0 Å². The minimum absolute atomic E-state index is 0.839. The molecule has 1 fully saturated rings. The molecule has 0 spiro atoms. The quantitative estimate of drug-likeness (QED) is 0.333. The normalized spacial score (nSPS) is 22.7. The van der Waals surface area contributed by atoms with E-state index in [0.29, 0.717) is 0 Å². The molecule has 25 heavy (non-hydrogen) atoms. The summed E-state index contributed by atoms with van der Waals surface area (Å²) in [6.07, 6.45) is -28.3. The molecule has 0 N–H and O–H groups in total. The number of alkyl halides is 12. The maximum atomic E-state index is 13.1. The Bertz CT molecular complexity index is 420. The van der Waals surface area contributed by atoms with E-state index < -0.39 is 68.6 Å². The van der Waals surface area contributed by atoms with Crippen LogP contribution in [0.15, 0.2) is 0 Å². The van der Waals surface area contributed by atoms with Crippen LogP contribution in [-0.2, 0) is 5.63 Å². The molecular weight excluding hydrogens is 589 g/mol. The SMILES string of the molecule is CC(C)[CH2][Bi]1[O]C(C(F)(F)F)(C(F)(F)F)C(C(F)(F)F)(C(F)(F)F)[O]1. The Hall–Kier alpha value is -0.0369. The van der Waals surface area contributed by atoms with E-state index in [0.717, 1.165) is 0 Å². The summed E-state index contributed by atoms with van der Waals surface area (Å²) in [7, 11) is 0. The third kappa shape index (κ3) is 3.32. The molecule has 1 saturated heterocycles. The predicted octanol–water partition coefficient (Wildman–Crippen LogP) is 4.90. The molecule has 0 bridgehead atoms. The molecule has 0 unspecified atom stereocenters. The fraction of sp³-hybridized carbons (Fsp3) is 1.00. The molecule has 1 aliphatic rings. The molecule has 0 aromatic carbocycles. The molecular formula is C10H9BiF12O2. The molecule has 0 amide bonds. The second-order valence-electron chi connectivity index (χ2n) is 5.45. The van der Waals surface area contributed by atoms with Crippen molar-refractivity contribution in [3.8, 4) is 0 Å². The summed E-state index contributed by atoms with van der Waals surface area (Å²) in [4.78, 5) is 0. The second kappa shape index (κ2) is 6.25. The zero-order valence-corrected chi connectivity index (χ0v) is 15.6. The Balaban J connectivity index is 3.90. The van der Waals surface area contributed by atoms with Gasteiger partial charge in [0.1, 0.15) is 0 Å². The van der Waals surface area contributed by atoms with Gasteiger partial charge in [-0.05, 0) is 0 Å². The summed E-state index contributed by atoms with van der Waals surface area (Å²) < 4.78 is 163. The standard InChI is InChI=1S/C6F12O2.C4H9.Bi/c7-3(8,9)1(19,4(10,11)12)2(20,5(13,14)15)6(16,17)18;1-4(2)3;/h;4H,1H2,2-3H3;/q-2;;+2. The van der Waals surface area contributed by atoms with Gasteiger partial charge in [0.15, 0.2) is 0 Å². The molecule has 0 saturated carbocycles. The van der Waals surface area contributed by atoms with Crippen LogP contribution >= 0.6 is 0 Å². The summed E-state index contributed by atoms with van der Waals surface area (Å²) in [6.45, 7) is 2.35. The van der Waals surface area contributed by atoms with Crippen LogP contribution in [0.25, 0.3) is 0 Å². The first-order chi connectivity index (χ1) is 10.7. The molecule has 150 valence electrons. The van der Waals surface area contributed by atoms with Crippen LogP contribution in [0.4, 0.5) is 52.7 Å². The summed E-state index contributed by atoms with van der Waals surface area (Å²) in [5.41, 5.74) is -13.1. The number of hydrogen-bond donors (Lipinski definition) is 0. The molecule has 0 atom stereocenters. The first-order valence-electron chi connectivity index (χ1n) is 6.17. The Labute approximate surface area is 141 Å². The van der Waals surface area contributed by atoms with Gasteiger partial charge in [-0.15, -0.1) is 0 Å². The zero-order valence-electron chi connectivity index (χ0n) is 12.1. The average molecular weight is 598 g/mol. The first kappa shape index (κ1) is 23.0. The molecule has 15 heteroatoms. The van der Waals surface area contributed by atoms with Crippen LogP contribution in [0.1, 0.15) is 13.8 Å². The van der Waals surface area contributed by atoms with Gasteiger partial charge in [0.25, 0.3) is 0 Å². The third-order valence-corrected chi connectivity index (χ3v) is 10.8. The minimum atomic E-state index is -7.09. The summed E-state index contributed by atoms with van der Waals surface area (Å²) in [6, 6.07) is 0. The van der Waals surface area contributed by atoms with Crippen LogP contribution in [-0.4, -0.2) is 58.5 Å². The molecule has 2 nitrogen and oxygen atoms in total. The van der Waals surface area contributed by atoms with Gasteiger partial charge in [0.05, 0.1) is 0 Å². The fourth-order valence-corrected chi connectivity index (χ4v) is 10.2. The van der Waals surface area contributed by atoms with Gasteiger partial charge in [-0.3, -0.25) is 0 Å². The zero-order chi connectivity index (χ0) is 20.3. The van der Waals surface area contributed by atoms with Crippen molar-refractivity contribution < 1.29 is 58.3 Å². The van der Waals surface area contributed by atoms with E-state index >= 15 is 0 Å². The summed E-state index contributed by atoms with van der Waals surface area (Å²) >= 11 is -5.43. The van der Waals surface area contributed by atoms with E-state index in [9.17, 15) is 52.7 Å². The van der Waals surface area contributed by atoms with Gasteiger partial charge in [0.2, 0.25) is 0 Å². The van der Waals surface area contributed by atoms with E-state index in [-0.39, 0.29) is 0 Å². The van der Waals surface area contributed by atoms with E-state index in [1.165, 1.54) is 13.8 Å². The van der Waals surface area contributed by atoms with Crippen molar-refractivity contribution in [1.29, 1.82) is 0 Å². The van der Waals surface area contributed by atoms with Crippen LogP contribution in [0, 0.1) is 5.92 Å². The molecule has 0 aliphatic carbocycles. The van der Waals surface area contributed by atoms with E-state index in [2.05, 4.69) is 5.63 Å². The van der Waals surface area contributed by atoms with E-state index in [1.807, 2.05) is 0 Å². The van der Waals surface area contributed by atoms with Crippen molar-refractivity contribution >= 4 is 22.6 Å². The number of rotatable bonds is 2. The molecule has 0 aromatic heterocycles. The maximum absolute atomic E-state index is 13.1. The van der Waals surface area contributed by atoms with Gasteiger partial charge in [0, 0.05) is 0 Å². The van der Waals surface area contributed by atoms with Crippen molar-refractivity contribution in [3.63, 3.8) is 0 Å². The van der Waals surface area contributed by atoms with Crippen LogP contribution in [0.5, 0.6) is 0 Å². The van der Waals surface area contributed by atoms with Gasteiger partial charge < -0.3 is 0 Å².